The third-order valence-corrected chi connectivity index (χ3v) is 8.68. The van der Waals surface area contributed by atoms with Gasteiger partial charge in [-0.2, -0.15) is 0 Å². The van der Waals surface area contributed by atoms with Crippen LogP contribution in [0.4, 0.5) is 11.5 Å². The van der Waals surface area contributed by atoms with E-state index in [0.29, 0.717) is 52.5 Å². The fourth-order valence-corrected chi connectivity index (χ4v) is 5.96. The van der Waals surface area contributed by atoms with Crippen LogP contribution in [0.25, 0.3) is 0 Å². The van der Waals surface area contributed by atoms with Crippen LogP contribution in [-0.2, 0) is 0 Å². The number of piperidine rings is 2. The summed E-state index contributed by atoms with van der Waals surface area (Å²) in [6.45, 7) is 14.2. The SMILES string of the molecule is CC(C)C#CC1CC(C)N(C2CCN(c3cc(C(=N)c4cc(OC5(C)CC5)ccc4N)ncn3)CC2)CC1C. The maximum Gasteiger partial charge on any atom is 0.132 e. The van der Waals surface area contributed by atoms with Gasteiger partial charge in [0.1, 0.15) is 23.5 Å². The molecule has 3 atom stereocenters. The van der Waals surface area contributed by atoms with E-state index in [2.05, 4.69) is 66.2 Å². The molecular formula is C32H44N6O. The molecule has 1 aromatic carbocycles. The highest BCUT2D eigenvalue weighted by molar-refractivity contribution is 6.13. The van der Waals surface area contributed by atoms with Crippen LogP contribution in [-0.4, -0.2) is 57.9 Å². The van der Waals surface area contributed by atoms with Crippen molar-refractivity contribution in [3.63, 3.8) is 0 Å². The Labute approximate surface area is 234 Å². The Hall–Kier alpha value is -3.11. The summed E-state index contributed by atoms with van der Waals surface area (Å²) >= 11 is 0. The molecule has 7 nitrogen and oxygen atoms in total. The van der Waals surface area contributed by atoms with E-state index in [0.717, 1.165) is 63.3 Å². The Morgan fingerprint density at radius 2 is 1.90 bits per heavy atom. The second-order valence-corrected chi connectivity index (χ2v) is 12.5. The second-order valence-electron chi connectivity index (χ2n) is 12.5. The first-order valence-electron chi connectivity index (χ1n) is 14.6. The normalized spacial score (nSPS) is 25.2. The predicted octanol–water partition coefficient (Wildman–Crippen LogP) is 5.38. The first kappa shape index (κ1) is 27.5. The van der Waals surface area contributed by atoms with E-state index in [-0.39, 0.29) is 5.60 Å². The van der Waals surface area contributed by atoms with Gasteiger partial charge in [0.25, 0.3) is 0 Å². The maximum absolute atomic E-state index is 8.88. The van der Waals surface area contributed by atoms with Gasteiger partial charge in [-0.1, -0.05) is 26.7 Å². The van der Waals surface area contributed by atoms with Crippen molar-refractivity contribution in [3.05, 3.63) is 41.9 Å². The van der Waals surface area contributed by atoms with Gasteiger partial charge in [0, 0.05) is 60.9 Å². The van der Waals surface area contributed by atoms with Crippen LogP contribution in [0.5, 0.6) is 5.75 Å². The Kier molecular flexibility index (Phi) is 7.87. The number of hydrogen-bond donors (Lipinski definition) is 2. The van der Waals surface area contributed by atoms with Gasteiger partial charge in [0.05, 0.1) is 11.4 Å². The van der Waals surface area contributed by atoms with Crippen molar-refractivity contribution in [2.75, 3.05) is 30.3 Å². The molecule has 39 heavy (non-hydrogen) atoms. The number of nitrogens with one attached hydrogen (secondary N) is 1. The van der Waals surface area contributed by atoms with Gasteiger partial charge in [0.2, 0.25) is 0 Å². The molecule has 3 heterocycles. The molecule has 0 radical (unpaired) electrons. The number of benzene rings is 1. The van der Waals surface area contributed by atoms with Crippen LogP contribution in [0, 0.1) is 35.0 Å². The second kappa shape index (κ2) is 11.2. The molecule has 2 aliphatic heterocycles. The topological polar surface area (TPSA) is 91.4 Å². The number of aromatic nitrogens is 2. The van der Waals surface area contributed by atoms with E-state index in [1.807, 2.05) is 24.3 Å². The summed E-state index contributed by atoms with van der Waals surface area (Å²) in [6.07, 6.45) is 7.06. The summed E-state index contributed by atoms with van der Waals surface area (Å²) < 4.78 is 6.11. The molecule has 0 spiro atoms. The summed E-state index contributed by atoms with van der Waals surface area (Å²) in [4.78, 5) is 14.1. The molecule has 5 rings (SSSR count). The van der Waals surface area contributed by atoms with Crippen molar-refractivity contribution in [2.24, 2.45) is 17.8 Å². The van der Waals surface area contributed by atoms with Crippen LogP contribution in [0.1, 0.15) is 78.0 Å². The molecule has 0 amide bonds. The zero-order chi connectivity index (χ0) is 27.7. The lowest BCUT2D eigenvalue weighted by molar-refractivity contribution is 0.0470. The molecule has 3 aliphatic rings. The third-order valence-electron chi connectivity index (χ3n) is 8.68. The molecule has 2 saturated heterocycles. The lowest BCUT2D eigenvalue weighted by atomic mass is 9.82. The monoisotopic (exact) mass is 528 g/mol. The zero-order valence-corrected chi connectivity index (χ0v) is 24.2. The van der Waals surface area contributed by atoms with E-state index in [1.165, 1.54) is 0 Å². The number of nitrogen functional groups attached to an aromatic ring is 1. The summed E-state index contributed by atoms with van der Waals surface area (Å²) in [7, 11) is 0. The minimum absolute atomic E-state index is 0.0859. The molecule has 3 unspecified atom stereocenters. The molecule has 208 valence electrons. The number of nitrogens with two attached hydrogens (primary N) is 1. The third kappa shape index (κ3) is 6.38. The fourth-order valence-electron chi connectivity index (χ4n) is 5.96. The molecule has 1 aromatic heterocycles. The molecule has 1 saturated carbocycles. The van der Waals surface area contributed by atoms with Crippen LogP contribution < -0.4 is 15.4 Å². The molecule has 2 aromatic rings. The smallest absolute Gasteiger partial charge is 0.132 e. The minimum atomic E-state index is -0.0859. The van der Waals surface area contributed by atoms with E-state index < -0.39 is 0 Å². The van der Waals surface area contributed by atoms with Crippen molar-refractivity contribution >= 4 is 17.2 Å². The summed E-state index contributed by atoms with van der Waals surface area (Å²) in [5, 5.41) is 8.88. The lowest BCUT2D eigenvalue weighted by Gasteiger charge is -2.47. The molecule has 3 fully saturated rings. The van der Waals surface area contributed by atoms with Crippen molar-refractivity contribution in [1.82, 2.24) is 14.9 Å². The average Bonchev–Trinajstić information content (AvgIpc) is 3.66. The number of rotatable bonds is 6. The molecule has 7 heteroatoms. The highest BCUT2D eigenvalue weighted by Gasteiger charge is 2.40. The number of likely N-dealkylation sites (tertiary alicyclic amines) is 1. The van der Waals surface area contributed by atoms with Crippen LogP contribution >= 0.6 is 0 Å². The van der Waals surface area contributed by atoms with Crippen molar-refractivity contribution < 1.29 is 4.74 Å². The molecule has 0 bridgehead atoms. The summed E-state index contributed by atoms with van der Waals surface area (Å²) in [5.74, 6) is 10.2. The first-order chi connectivity index (χ1) is 18.6. The van der Waals surface area contributed by atoms with Gasteiger partial charge in [-0.15, -0.1) is 5.92 Å². The van der Waals surface area contributed by atoms with E-state index in [4.69, 9.17) is 15.9 Å². The van der Waals surface area contributed by atoms with Crippen molar-refractivity contribution in [3.8, 4) is 17.6 Å². The molecule has 1 aliphatic carbocycles. The van der Waals surface area contributed by atoms with Gasteiger partial charge in [-0.05, 0) is 70.1 Å². The standard InChI is InChI=1S/C32H44N6O/c1-21(2)6-7-24-16-23(4)38(19-22(24)3)25-10-14-37(15-11-25)30-18-29(35-20-36-30)31(34)27-17-26(8-9-28(27)33)39-32(5)12-13-32/h8-9,17-18,20-25,34H,10-16,19,33H2,1-5H3. The van der Waals surface area contributed by atoms with Crippen LogP contribution in [0.2, 0.25) is 0 Å². The van der Waals surface area contributed by atoms with Crippen molar-refractivity contribution in [2.45, 2.75) is 84.4 Å². The Balaban J connectivity index is 1.22. The summed E-state index contributed by atoms with van der Waals surface area (Å²) in [5.41, 5.74) is 8.26. The number of nitrogens with zero attached hydrogens (tertiary/aromatic N) is 4. The fraction of sp³-hybridized carbons (Fsp3) is 0.594. The van der Waals surface area contributed by atoms with Crippen LogP contribution in [0.15, 0.2) is 30.6 Å². The number of hydrogen-bond acceptors (Lipinski definition) is 7. The van der Waals surface area contributed by atoms with Gasteiger partial charge in [-0.3, -0.25) is 10.3 Å². The Bertz CT molecular complexity index is 1250. The Morgan fingerprint density at radius 3 is 2.59 bits per heavy atom. The van der Waals surface area contributed by atoms with Gasteiger partial charge >= 0.3 is 0 Å². The number of anilines is 2. The lowest BCUT2D eigenvalue weighted by Crippen LogP contribution is -2.53. The van der Waals surface area contributed by atoms with Crippen molar-refractivity contribution in [1.29, 1.82) is 5.41 Å². The minimum Gasteiger partial charge on any atom is -0.488 e. The molecular weight excluding hydrogens is 484 g/mol. The zero-order valence-electron chi connectivity index (χ0n) is 24.2. The predicted molar refractivity (Wildman–Crippen MR) is 158 cm³/mol. The van der Waals surface area contributed by atoms with Crippen LogP contribution in [0.3, 0.4) is 0 Å². The number of ether oxygens (including phenoxy) is 1. The van der Waals surface area contributed by atoms with E-state index in [9.17, 15) is 0 Å². The summed E-state index contributed by atoms with van der Waals surface area (Å²) in [6, 6.07) is 8.65. The maximum atomic E-state index is 8.88. The first-order valence-corrected chi connectivity index (χ1v) is 14.6. The van der Waals surface area contributed by atoms with Gasteiger partial charge < -0.3 is 15.4 Å². The highest BCUT2D eigenvalue weighted by Crippen LogP contribution is 2.40. The average molecular weight is 529 g/mol. The Morgan fingerprint density at radius 1 is 1.15 bits per heavy atom. The van der Waals surface area contributed by atoms with E-state index in [1.54, 1.807) is 6.33 Å². The highest BCUT2D eigenvalue weighted by atomic mass is 16.5. The van der Waals surface area contributed by atoms with Gasteiger partial charge in [0.15, 0.2) is 0 Å². The van der Waals surface area contributed by atoms with E-state index >= 15 is 0 Å². The van der Waals surface area contributed by atoms with Gasteiger partial charge in [-0.25, -0.2) is 9.97 Å². The molecule has 3 N–H and O–H groups in total. The largest absolute Gasteiger partial charge is 0.488 e. The quantitative estimate of drug-likeness (QED) is 0.297.